The number of pyridine rings is 2. The maximum atomic E-state index is 12.0. The Hall–Kier alpha value is -3.86. The molecule has 0 unspecified atom stereocenters. The molecule has 4 aromatic heterocycles. The van der Waals surface area contributed by atoms with Gasteiger partial charge in [0, 0.05) is 41.8 Å². The molecule has 0 radical (unpaired) electrons. The molecule has 4 rings (SSSR count). The lowest BCUT2D eigenvalue weighted by molar-refractivity contribution is 0.252. The minimum Gasteiger partial charge on any atom is -0.388 e. The van der Waals surface area contributed by atoms with E-state index in [-0.39, 0.29) is 11.9 Å². The summed E-state index contributed by atoms with van der Waals surface area (Å²) < 4.78 is 5.04. The lowest BCUT2D eigenvalue weighted by atomic mass is 10.0. The Kier molecular flexibility index (Phi) is 5.58. The molecule has 0 fully saturated rings. The number of thiazole rings is 1. The molecular weight excluding hydrogens is 418 g/mol. The van der Waals surface area contributed by atoms with Crippen molar-refractivity contribution in [2.24, 2.45) is 0 Å². The second-order valence-corrected chi connectivity index (χ2v) is 7.83. The van der Waals surface area contributed by atoms with E-state index >= 15 is 0 Å². The fourth-order valence-corrected chi connectivity index (χ4v) is 4.05. The van der Waals surface area contributed by atoms with E-state index < -0.39 is 5.76 Å². The number of anilines is 1. The van der Waals surface area contributed by atoms with E-state index in [1.165, 1.54) is 0 Å². The van der Waals surface area contributed by atoms with Crippen LogP contribution in [-0.2, 0) is 0 Å². The molecule has 0 aliphatic rings. The molecule has 0 saturated carbocycles. The molecule has 0 aliphatic heterocycles. The number of carbonyl (C=O) groups is 1. The number of nitrogens with zero attached hydrogens (tertiary/aromatic N) is 4. The van der Waals surface area contributed by atoms with Crippen LogP contribution in [0.15, 0.2) is 39.9 Å². The smallest absolute Gasteiger partial charge is 0.388 e. The fraction of sp³-hybridized carbons (Fsp3) is 0.200. The van der Waals surface area contributed by atoms with Crippen LogP contribution in [-0.4, -0.2) is 37.7 Å². The predicted octanol–water partition coefficient (Wildman–Crippen LogP) is 3.37. The third-order valence-corrected chi connectivity index (χ3v) is 5.47. The Labute approximate surface area is 180 Å². The minimum absolute atomic E-state index is 0.146. The predicted molar refractivity (Wildman–Crippen MR) is 117 cm³/mol. The SMILES string of the molecule is CCNC(=O)Nc1cc(-c2sc(C)nc2C)c(-c2cncc(-c3n[nH]c(=O)o3)c2)cn1. The molecule has 4 aromatic rings. The largest absolute Gasteiger partial charge is 0.434 e. The first-order valence-corrected chi connectivity index (χ1v) is 10.3. The molecule has 0 spiro atoms. The van der Waals surface area contributed by atoms with Crippen molar-refractivity contribution in [1.29, 1.82) is 0 Å². The highest BCUT2D eigenvalue weighted by Crippen LogP contribution is 2.38. The molecule has 4 heterocycles. The van der Waals surface area contributed by atoms with Gasteiger partial charge in [0.15, 0.2) is 0 Å². The van der Waals surface area contributed by atoms with Crippen molar-refractivity contribution in [3.05, 3.63) is 52.0 Å². The number of hydrogen-bond acceptors (Lipinski definition) is 8. The molecule has 3 N–H and O–H groups in total. The lowest BCUT2D eigenvalue weighted by Crippen LogP contribution is -2.28. The number of nitrogens with one attached hydrogen (secondary N) is 3. The molecule has 0 atom stereocenters. The van der Waals surface area contributed by atoms with Crippen molar-refractivity contribution in [1.82, 2.24) is 30.5 Å². The molecular formula is C20H19N7O3S. The van der Waals surface area contributed by atoms with Crippen molar-refractivity contribution in [2.45, 2.75) is 20.8 Å². The maximum Gasteiger partial charge on any atom is 0.434 e. The van der Waals surface area contributed by atoms with E-state index in [1.807, 2.05) is 32.9 Å². The highest BCUT2D eigenvalue weighted by Gasteiger charge is 2.17. The van der Waals surface area contributed by atoms with Gasteiger partial charge in [0.2, 0.25) is 0 Å². The monoisotopic (exact) mass is 437 g/mol. The van der Waals surface area contributed by atoms with Gasteiger partial charge in [-0.1, -0.05) is 0 Å². The minimum atomic E-state index is -0.640. The zero-order chi connectivity index (χ0) is 22.0. The van der Waals surface area contributed by atoms with Gasteiger partial charge in [0.1, 0.15) is 5.82 Å². The van der Waals surface area contributed by atoms with Gasteiger partial charge in [-0.15, -0.1) is 16.4 Å². The molecule has 31 heavy (non-hydrogen) atoms. The molecule has 0 aromatic carbocycles. The molecule has 0 aliphatic carbocycles. The number of amides is 2. The summed E-state index contributed by atoms with van der Waals surface area (Å²) in [5.74, 6) is -0.0786. The Morgan fingerprint density at radius 1 is 1.16 bits per heavy atom. The average molecular weight is 437 g/mol. The van der Waals surface area contributed by atoms with Gasteiger partial charge in [0.05, 0.1) is 21.1 Å². The average Bonchev–Trinajstić information content (AvgIpc) is 3.33. The van der Waals surface area contributed by atoms with E-state index in [9.17, 15) is 9.59 Å². The van der Waals surface area contributed by atoms with Crippen LogP contribution >= 0.6 is 11.3 Å². The van der Waals surface area contributed by atoms with Crippen LogP contribution in [0.3, 0.4) is 0 Å². The molecule has 158 valence electrons. The zero-order valence-corrected chi connectivity index (χ0v) is 17.8. The van der Waals surface area contributed by atoms with Crippen molar-refractivity contribution < 1.29 is 9.21 Å². The first-order valence-electron chi connectivity index (χ1n) is 9.45. The standard InChI is InChI=1S/C20H19N7O3S/c1-4-22-19(28)25-16-6-14(17-10(2)24-11(3)31-17)15(9-23-16)12-5-13(8-21-7-12)18-26-27-20(29)30-18/h5-9H,4H2,1-3H3,(H,27,29)(H2,22,23,25,28). The van der Waals surface area contributed by atoms with Gasteiger partial charge >= 0.3 is 11.8 Å². The van der Waals surface area contributed by atoms with Crippen molar-refractivity contribution in [3.8, 4) is 33.0 Å². The van der Waals surface area contributed by atoms with Crippen molar-refractivity contribution in [2.75, 3.05) is 11.9 Å². The highest BCUT2D eigenvalue weighted by molar-refractivity contribution is 7.15. The third kappa shape index (κ3) is 4.36. The van der Waals surface area contributed by atoms with Gasteiger partial charge in [-0.25, -0.2) is 24.7 Å². The van der Waals surface area contributed by atoms with Crippen LogP contribution in [0, 0.1) is 13.8 Å². The topological polar surface area (TPSA) is 139 Å². The second-order valence-electron chi connectivity index (χ2n) is 6.63. The Bertz CT molecular complexity index is 1310. The Morgan fingerprint density at radius 3 is 2.65 bits per heavy atom. The van der Waals surface area contributed by atoms with Gasteiger partial charge in [-0.3, -0.25) is 10.3 Å². The van der Waals surface area contributed by atoms with Crippen LogP contribution < -0.4 is 16.4 Å². The molecule has 0 saturated heterocycles. The molecule has 10 nitrogen and oxygen atoms in total. The van der Waals surface area contributed by atoms with E-state index in [2.05, 4.69) is 35.8 Å². The van der Waals surface area contributed by atoms with Gasteiger partial charge in [-0.2, -0.15) is 0 Å². The second kappa shape index (κ2) is 8.48. The quantitative estimate of drug-likeness (QED) is 0.435. The first kappa shape index (κ1) is 20.4. The fourth-order valence-electron chi connectivity index (χ4n) is 3.10. The number of aromatic amines is 1. The van der Waals surface area contributed by atoms with Crippen LogP contribution in [0.4, 0.5) is 10.6 Å². The van der Waals surface area contributed by atoms with E-state index in [0.29, 0.717) is 17.9 Å². The number of carbonyl (C=O) groups excluding carboxylic acids is 1. The maximum absolute atomic E-state index is 12.0. The lowest BCUT2D eigenvalue weighted by Gasteiger charge is -2.12. The van der Waals surface area contributed by atoms with Crippen LogP contribution in [0.1, 0.15) is 17.6 Å². The summed E-state index contributed by atoms with van der Waals surface area (Å²) in [6.07, 6.45) is 4.92. The van der Waals surface area contributed by atoms with Crippen LogP contribution in [0.5, 0.6) is 0 Å². The number of urea groups is 1. The summed E-state index contributed by atoms with van der Waals surface area (Å²) in [7, 11) is 0. The highest BCUT2D eigenvalue weighted by atomic mass is 32.1. The molecule has 0 bridgehead atoms. The normalized spacial score (nSPS) is 10.8. The van der Waals surface area contributed by atoms with E-state index in [1.54, 1.807) is 29.9 Å². The van der Waals surface area contributed by atoms with Crippen LogP contribution in [0.2, 0.25) is 0 Å². The number of aromatic nitrogens is 5. The van der Waals surface area contributed by atoms with Gasteiger partial charge < -0.3 is 9.73 Å². The van der Waals surface area contributed by atoms with Crippen molar-refractivity contribution in [3.63, 3.8) is 0 Å². The molecule has 11 heteroatoms. The van der Waals surface area contributed by atoms with E-state index in [0.717, 1.165) is 32.3 Å². The number of rotatable bonds is 5. The molecule has 2 amide bonds. The van der Waals surface area contributed by atoms with Gasteiger partial charge in [0.25, 0.3) is 5.89 Å². The Morgan fingerprint density at radius 2 is 1.97 bits per heavy atom. The Balaban J connectivity index is 1.83. The number of hydrogen-bond donors (Lipinski definition) is 3. The number of aryl methyl sites for hydroxylation is 2. The van der Waals surface area contributed by atoms with Gasteiger partial charge in [-0.05, 0) is 32.9 Å². The summed E-state index contributed by atoms with van der Waals surface area (Å²) in [4.78, 5) is 37.4. The van der Waals surface area contributed by atoms with Crippen molar-refractivity contribution >= 4 is 23.2 Å². The summed E-state index contributed by atoms with van der Waals surface area (Å²) in [6, 6.07) is 3.29. The third-order valence-electron chi connectivity index (χ3n) is 4.37. The summed E-state index contributed by atoms with van der Waals surface area (Å²) in [6.45, 7) is 6.22. The summed E-state index contributed by atoms with van der Waals surface area (Å²) in [5.41, 5.74) is 3.82. The summed E-state index contributed by atoms with van der Waals surface area (Å²) in [5, 5.41) is 12.5. The number of H-pyrrole nitrogens is 1. The zero-order valence-electron chi connectivity index (χ0n) is 17.0. The van der Waals surface area contributed by atoms with Crippen LogP contribution in [0.25, 0.3) is 33.0 Å². The van der Waals surface area contributed by atoms with E-state index in [4.69, 9.17) is 4.42 Å². The summed E-state index contributed by atoms with van der Waals surface area (Å²) >= 11 is 1.55. The first-order chi connectivity index (χ1) is 14.9.